The number of anilines is 1. The normalized spacial score (nSPS) is 8.67. The number of hydrogen-bond donors (Lipinski definition) is 2. The number of nitrogens with two attached hydrogens (primary N) is 1. The van der Waals surface area contributed by atoms with Gasteiger partial charge in [0.1, 0.15) is 5.75 Å². The fourth-order valence-corrected chi connectivity index (χ4v) is 0.646. The summed E-state index contributed by atoms with van der Waals surface area (Å²) in [6, 6.07) is 3.53. The molecule has 0 fully saturated rings. The molecule has 0 aliphatic carbocycles. The fourth-order valence-electron chi connectivity index (χ4n) is 0.646. The van der Waals surface area contributed by atoms with Crippen molar-refractivity contribution in [1.82, 2.24) is 0 Å². The number of aromatic hydroxyl groups is 1. The van der Waals surface area contributed by atoms with E-state index in [9.17, 15) is 10.1 Å². The third-order valence-electron chi connectivity index (χ3n) is 1.22. The summed E-state index contributed by atoms with van der Waals surface area (Å²) in [5.41, 5.74) is 5.18. The van der Waals surface area contributed by atoms with Crippen molar-refractivity contribution in [3.8, 4) is 5.75 Å². The Morgan fingerprint density at radius 1 is 1.58 bits per heavy atom. The van der Waals surface area contributed by atoms with Crippen LogP contribution in [0.1, 0.15) is 1.43 Å². The zero-order valence-corrected chi connectivity index (χ0v) is 6.52. The van der Waals surface area contributed by atoms with Crippen molar-refractivity contribution in [2.45, 2.75) is 0 Å². The van der Waals surface area contributed by atoms with E-state index in [0.717, 1.165) is 6.07 Å². The van der Waals surface area contributed by atoms with Gasteiger partial charge in [0.2, 0.25) is 0 Å². The molecule has 0 spiro atoms. The molecule has 0 heterocycles. The first kappa shape index (κ1) is 10.8. The number of nitrogen functional groups attached to an aromatic ring is 1. The Balaban J connectivity index is 0. The van der Waals surface area contributed by atoms with Crippen LogP contribution in [0.15, 0.2) is 18.2 Å². The molecule has 6 heteroatoms. The number of nitro groups is 1. The van der Waals surface area contributed by atoms with Gasteiger partial charge in [-0.05, 0) is 6.07 Å². The Bertz CT molecular complexity index is 308. The van der Waals surface area contributed by atoms with Gasteiger partial charge in [-0.15, -0.1) is 0 Å². The molecule has 0 atom stereocenters. The first-order valence-corrected chi connectivity index (χ1v) is 2.84. The quantitative estimate of drug-likeness (QED) is 0.164. The molecule has 0 aliphatic heterocycles. The van der Waals surface area contributed by atoms with Crippen LogP contribution in [-0.2, 0) is 0 Å². The van der Waals surface area contributed by atoms with E-state index in [1.165, 1.54) is 12.1 Å². The van der Waals surface area contributed by atoms with Crippen molar-refractivity contribution in [3.05, 3.63) is 28.3 Å². The van der Waals surface area contributed by atoms with E-state index in [1.807, 2.05) is 0 Å². The van der Waals surface area contributed by atoms with Crippen LogP contribution in [-0.4, -0.2) is 10.0 Å². The number of nitro benzene ring substituents is 1. The summed E-state index contributed by atoms with van der Waals surface area (Å²) in [5, 5.41) is 19.0. The van der Waals surface area contributed by atoms with Gasteiger partial charge in [-0.2, -0.15) is 0 Å². The standard InChI is InChI=1S/C6H6N2O3.Li.H/c7-5-2-1-4(8(10)11)3-6(5)9;;/h1-3,9H,7H2;;/q;+1;-1. The molecule has 0 radical (unpaired) electrons. The molecule has 0 aliphatic rings. The Kier molecular flexibility index (Phi) is 3.60. The van der Waals surface area contributed by atoms with Gasteiger partial charge >= 0.3 is 18.9 Å². The van der Waals surface area contributed by atoms with Gasteiger partial charge in [0.25, 0.3) is 5.69 Å². The molecule has 3 N–H and O–H groups in total. The molecule has 1 aromatic rings. The third kappa shape index (κ3) is 2.15. The second-order valence-corrected chi connectivity index (χ2v) is 2.00. The van der Waals surface area contributed by atoms with Gasteiger partial charge in [0, 0.05) is 6.07 Å². The summed E-state index contributed by atoms with van der Waals surface area (Å²) in [5.74, 6) is -0.265. The maximum atomic E-state index is 10.1. The van der Waals surface area contributed by atoms with Crippen molar-refractivity contribution in [2.24, 2.45) is 0 Å². The molecule has 0 saturated carbocycles. The zero-order chi connectivity index (χ0) is 8.43. The van der Waals surface area contributed by atoms with Crippen molar-refractivity contribution in [1.29, 1.82) is 0 Å². The SMILES string of the molecule is Nc1ccc([N+](=O)[O-])cc1O.[H-].[Li+]. The van der Waals surface area contributed by atoms with E-state index in [2.05, 4.69) is 0 Å². The average molecular weight is 162 g/mol. The molecular formula is C6H7LiN2O3. The third-order valence-corrected chi connectivity index (χ3v) is 1.22. The predicted octanol–water partition coefficient (Wildman–Crippen LogP) is -2.00. The molecule has 1 aromatic carbocycles. The fraction of sp³-hybridized carbons (Fsp3) is 0. The first-order chi connectivity index (χ1) is 5.11. The topological polar surface area (TPSA) is 89.4 Å². The van der Waals surface area contributed by atoms with E-state index in [1.54, 1.807) is 0 Å². The number of phenols is 1. The van der Waals surface area contributed by atoms with Crippen molar-refractivity contribution in [3.63, 3.8) is 0 Å². The van der Waals surface area contributed by atoms with E-state index < -0.39 is 4.92 Å². The van der Waals surface area contributed by atoms with Gasteiger partial charge in [0.05, 0.1) is 16.7 Å². The van der Waals surface area contributed by atoms with Crippen LogP contribution in [0, 0.1) is 10.1 Å². The second-order valence-electron chi connectivity index (χ2n) is 2.00. The van der Waals surface area contributed by atoms with Crippen molar-refractivity contribution >= 4 is 11.4 Å². The Hall–Kier alpha value is -1.18. The number of non-ortho nitro benzene ring substituents is 1. The average Bonchev–Trinajstić information content (AvgIpc) is 1.94. The number of rotatable bonds is 1. The number of hydrogen-bond acceptors (Lipinski definition) is 4. The molecule has 12 heavy (non-hydrogen) atoms. The minimum atomic E-state index is -0.598. The van der Waals surface area contributed by atoms with E-state index >= 15 is 0 Å². The van der Waals surface area contributed by atoms with Gasteiger partial charge in [-0.25, -0.2) is 0 Å². The predicted molar refractivity (Wildman–Crippen MR) is 40.3 cm³/mol. The van der Waals surface area contributed by atoms with Crippen LogP contribution >= 0.6 is 0 Å². The van der Waals surface area contributed by atoms with Gasteiger partial charge in [-0.3, -0.25) is 10.1 Å². The molecule has 5 nitrogen and oxygen atoms in total. The van der Waals surface area contributed by atoms with E-state index in [0.29, 0.717) is 0 Å². The molecule has 0 unspecified atom stereocenters. The van der Waals surface area contributed by atoms with Crippen LogP contribution in [0.25, 0.3) is 0 Å². The molecule has 0 bridgehead atoms. The summed E-state index contributed by atoms with van der Waals surface area (Å²) in [6.07, 6.45) is 0. The monoisotopic (exact) mass is 162 g/mol. The second kappa shape index (κ2) is 4.00. The van der Waals surface area contributed by atoms with Crippen LogP contribution in [0.4, 0.5) is 11.4 Å². The summed E-state index contributed by atoms with van der Waals surface area (Å²) < 4.78 is 0. The van der Waals surface area contributed by atoms with Crippen LogP contribution < -0.4 is 24.6 Å². The summed E-state index contributed by atoms with van der Waals surface area (Å²) in [4.78, 5) is 9.52. The molecular weight excluding hydrogens is 155 g/mol. The zero-order valence-electron chi connectivity index (χ0n) is 7.52. The summed E-state index contributed by atoms with van der Waals surface area (Å²) in [7, 11) is 0. The van der Waals surface area contributed by atoms with Crippen LogP contribution in [0.2, 0.25) is 0 Å². The summed E-state index contributed by atoms with van der Waals surface area (Å²) >= 11 is 0. The van der Waals surface area contributed by atoms with E-state index in [-0.39, 0.29) is 37.4 Å². The van der Waals surface area contributed by atoms with Gasteiger partial charge in [0.15, 0.2) is 0 Å². The number of nitrogens with zero attached hydrogens (tertiary/aromatic N) is 1. The van der Waals surface area contributed by atoms with Gasteiger partial charge < -0.3 is 12.3 Å². The maximum Gasteiger partial charge on any atom is 1.00 e. The Labute approximate surface area is 82.0 Å². The minimum Gasteiger partial charge on any atom is -1.00 e. The molecule has 0 aromatic heterocycles. The molecule has 60 valence electrons. The first-order valence-electron chi connectivity index (χ1n) is 2.84. The van der Waals surface area contributed by atoms with Crippen LogP contribution in [0.5, 0.6) is 5.75 Å². The molecule has 1 rings (SSSR count). The van der Waals surface area contributed by atoms with Gasteiger partial charge in [-0.1, -0.05) is 0 Å². The van der Waals surface area contributed by atoms with Crippen molar-refractivity contribution in [2.75, 3.05) is 5.73 Å². The Morgan fingerprint density at radius 3 is 2.58 bits per heavy atom. The Morgan fingerprint density at radius 2 is 2.17 bits per heavy atom. The maximum absolute atomic E-state index is 10.1. The molecule has 0 saturated heterocycles. The molecule has 0 amide bonds. The van der Waals surface area contributed by atoms with Crippen LogP contribution in [0.3, 0.4) is 0 Å². The largest absolute Gasteiger partial charge is 1.00 e. The minimum absolute atomic E-state index is 0. The smallest absolute Gasteiger partial charge is 1.00 e. The van der Waals surface area contributed by atoms with E-state index in [4.69, 9.17) is 10.8 Å². The number of phenolic OH excluding ortho intramolecular Hbond substituents is 1. The number of benzene rings is 1. The summed E-state index contributed by atoms with van der Waals surface area (Å²) in [6.45, 7) is 0. The van der Waals surface area contributed by atoms with Crippen molar-refractivity contribution < 1.29 is 30.3 Å².